The molecular weight excluding hydrogens is 1030 g/mol. The van der Waals surface area contributed by atoms with Gasteiger partial charge in [0.05, 0.1) is 68.3 Å². The lowest BCUT2D eigenvalue weighted by Gasteiger charge is -2.36. The smallest absolute Gasteiger partial charge is 0.407 e. The van der Waals surface area contributed by atoms with Crippen molar-refractivity contribution in [1.29, 1.82) is 0 Å². The van der Waals surface area contributed by atoms with Crippen molar-refractivity contribution >= 4 is 72.5 Å². The summed E-state index contributed by atoms with van der Waals surface area (Å²) in [5.41, 5.74) is 16.3. The van der Waals surface area contributed by atoms with E-state index in [0.29, 0.717) is 43.6 Å². The van der Waals surface area contributed by atoms with Crippen molar-refractivity contribution < 1.29 is 19.1 Å². The van der Waals surface area contributed by atoms with E-state index in [-0.39, 0.29) is 23.9 Å². The summed E-state index contributed by atoms with van der Waals surface area (Å²) in [6, 6.07) is 20.2. The van der Waals surface area contributed by atoms with E-state index in [1.165, 1.54) is 0 Å². The number of allylic oxidation sites excluding steroid dienone is 2. The number of anilines is 2. The summed E-state index contributed by atoms with van der Waals surface area (Å²) < 4.78 is 10.8. The van der Waals surface area contributed by atoms with Gasteiger partial charge in [0.1, 0.15) is 5.60 Å². The van der Waals surface area contributed by atoms with Crippen LogP contribution >= 0.6 is 31.9 Å². The van der Waals surface area contributed by atoms with Gasteiger partial charge in [-0.15, -0.1) is 0 Å². The minimum Gasteiger partial charge on any atom is -0.444 e. The summed E-state index contributed by atoms with van der Waals surface area (Å²) in [6.45, 7) is 9.97. The van der Waals surface area contributed by atoms with E-state index < -0.39 is 11.7 Å². The highest BCUT2D eigenvalue weighted by molar-refractivity contribution is 9.11. The van der Waals surface area contributed by atoms with E-state index in [1.807, 2.05) is 106 Å². The number of rotatable bonds is 11. The molecule has 0 bridgehead atoms. The van der Waals surface area contributed by atoms with Crippen LogP contribution in [0.5, 0.6) is 0 Å². The van der Waals surface area contributed by atoms with Gasteiger partial charge in [-0.3, -0.25) is 28.9 Å². The first kappa shape index (κ1) is 49.4. The second-order valence-electron chi connectivity index (χ2n) is 19.2. The van der Waals surface area contributed by atoms with E-state index in [1.54, 1.807) is 34.2 Å². The normalized spacial score (nSPS) is 17.3. The summed E-state index contributed by atoms with van der Waals surface area (Å²) in [5.74, 6) is -0.396. The Labute approximate surface area is 430 Å². The Morgan fingerprint density at radius 3 is 1.65 bits per heavy atom. The van der Waals surface area contributed by atoms with Crippen molar-refractivity contribution in [1.82, 2.24) is 45.5 Å². The fraction of sp³-hybridized carbons (Fsp3) is 0.340. The highest BCUT2D eigenvalue weighted by atomic mass is 79.9. The molecule has 2 aliphatic carbocycles. The van der Waals surface area contributed by atoms with Crippen molar-refractivity contribution in [2.24, 2.45) is 5.73 Å². The Morgan fingerprint density at radius 1 is 0.690 bits per heavy atom. The first-order valence-electron chi connectivity index (χ1n) is 24.0. The van der Waals surface area contributed by atoms with Crippen LogP contribution in [0.2, 0.25) is 0 Å². The zero-order valence-corrected chi connectivity index (χ0v) is 43.2. The van der Waals surface area contributed by atoms with Crippen molar-refractivity contribution in [2.75, 3.05) is 36.0 Å². The van der Waals surface area contributed by atoms with Gasteiger partial charge in [0, 0.05) is 98.4 Å². The molecule has 6 aromatic rings. The van der Waals surface area contributed by atoms with Gasteiger partial charge in [-0.05, 0) is 89.4 Å². The van der Waals surface area contributed by atoms with E-state index in [2.05, 4.69) is 77.8 Å². The maximum atomic E-state index is 13.2. The number of ether oxygens (including phenoxy) is 1. The molecule has 10 rings (SSSR count). The molecule has 4 aromatic heterocycles. The maximum absolute atomic E-state index is 13.2. The van der Waals surface area contributed by atoms with Gasteiger partial charge >= 0.3 is 6.09 Å². The molecule has 4 aliphatic rings. The van der Waals surface area contributed by atoms with Crippen LogP contribution in [-0.2, 0) is 30.7 Å². The van der Waals surface area contributed by atoms with Gasteiger partial charge in [0.25, 0.3) is 11.8 Å². The third kappa shape index (κ3) is 12.1. The number of pyridine rings is 2. The molecule has 2 aliphatic heterocycles. The van der Waals surface area contributed by atoms with Crippen LogP contribution in [0.15, 0.2) is 119 Å². The van der Waals surface area contributed by atoms with Crippen LogP contribution in [0.25, 0.3) is 11.4 Å². The zero-order chi connectivity index (χ0) is 49.6. The molecule has 0 saturated carbocycles. The third-order valence-corrected chi connectivity index (χ3v) is 13.8. The van der Waals surface area contributed by atoms with E-state index in [4.69, 9.17) is 10.5 Å². The predicted molar refractivity (Wildman–Crippen MR) is 282 cm³/mol. The number of piperidine rings is 2. The lowest BCUT2D eigenvalue weighted by molar-refractivity contribution is 0.0499. The molecule has 71 heavy (non-hydrogen) atoms. The predicted octanol–water partition coefficient (Wildman–Crippen LogP) is 8.25. The van der Waals surface area contributed by atoms with E-state index in [9.17, 15) is 14.4 Å². The SMILES string of the molecule is CC(C)(C)OC(=O)N[C@@H]1CCCN(c2c(Br)cnc3c2C(NC(=O)c2cnn(Cc4ccccc4)c2)=CC3)C1.N[C@@H]1CCCN(c2c(Br)cnc3c2C(NC(=O)c2cnn(Cc4ccccc4)c2)=CC3)C1. The maximum Gasteiger partial charge on any atom is 0.407 e. The summed E-state index contributed by atoms with van der Waals surface area (Å²) in [4.78, 5) is 52.4. The van der Waals surface area contributed by atoms with E-state index in [0.717, 1.165) is 111 Å². The number of fused-ring (bicyclic) bond motifs is 2. The quantitative estimate of drug-likeness (QED) is 0.0978. The molecule has 6 heterocycles. The topological polar surface area (TPSA) is 190 Å². The lowest BCUT2D eigenvalue weighted by atomic mass is 10.0. The average Bonchev–Trinajstić information content (AvgIpc) is 4.18. The Morgan fingerprint density at radius 2 is 1.17 bits per heavy atom. The van der Waals surface area contributed by atoms with Crippen molar-refractivity contribution in [3.05, 3.63) is 164 Å². The van der Waals surface area contributed by atoms with Crippen LogP contribution in [0.3, 0.4) is 0 Å². The number of nitrogens with zero attached hydrogens (tertiary/aromatic N) is 8. The number of carbonyl (C=O) groups excluding carboxylic acids is 3. The van der Waals surface area contributed by atoms with Crippen molar-refractivity contribution in [3.8, 4) is 0 Å². The first-order chi connectivity index (χ1) is 34.2. The summed E-state index contributed by atoms with van der Waals surface area (Å²) in [5, 5.41) is 17.9. The second-order valence-corrected chi connectivity index (χ2v) is 20.9. The molecule has 368 valence electrons. The molecule has 2 atom stereocenters. The molecule has 2 saturated heterocycles. The van der Waals surface area contributed by atoms with E-state index >= 15 is 0 Å². The Bertz CT molecular complexity index is 2970. The minimum atomic E-state index is -0.552. The Kier molecular flexibility index (Phi) is 15.1. The van der Waals surface area contributed by atoms with Gasteiger partial charge in [-0.2, -0.15) is 10.2 Å². The largest absolute Gasteiger partial charge is 0.444 e. The van der Waals surface area contributed by atoms with Gasteiger partial charge in [-0.25, -0.2) is 4.79 Å². The first-order valence-corrected chi connectivity index (χ1v) is 25.6. The van der Waals surface area contributed by atoms with Crippen LogP contribution in [-0.4, -0.2) is 91.3 Å². The van der Waals surface area contributed by atoms with Crippen LogP contribution in [0, 0.1) is 0 Å². The number of amides is 3. The Balaban J connectivity index is 0.000000179. The summed E-state index contributed by atoms with van der Waals surface area (Å²) >= 11 is 7.38. The zero-order valence-electron chi connectivity index (χ0n) is 40.1. The summed E-state index contributed by atoms with van der Waals surface area (Å²) in [7, 11) is 0. The highest BCUT2D eigenvalue weighted by Gasteiger charge is 2.32. The number of aromatic nitrogens is 6. The fourth-order valence-electron chi connectivity index (χ4n) is 9.41. The standard InChI is InChI=1S/C29H33BrN6O3.C24H25BrN6O/c1-29(2,3)39-28(38)33-21-10-7-13-35(18-21)26-22(30)15-31-23-11-12-24(25(23)26)34-27(37)20-14-32-36(17-20)16-19-8-5-4-6-9-19;25-19-12-27-20-8-9-21(22(20)23(19)30-10-4-7-18(26)15-30)29-24(32)17-11-28-31(14-17)13-16-5-2-1-3-6-16/h4-6,8-9,12,14-15,17,21H,7,10-11,13,16,18H2,1-3H3,(H,33,38)(H,34,37);1-3,5-6,9,11-12,14,18H,4,7-8,10,13,15,26H2,(H,29,32)/t21-;18-/m11/s1. The molecule has 0 unspecified atom stereocenters. The van der Waals surface area contributed by atoms with Crippen LogP contribution in [0.1, 0.15) is 101 Å². The third-order valence-electron chi connectivity index (χ3n) is 12.6. The summed E-state index contributed by atoms with van der Waals surface area (Å²) in [6.07, 6.45) is 19.2. The molecule has 16 nitrogen and oxygen atoms in total. The number of alkyl carbamates (subject to hydrolysis) is 1. The van der Waals surface area contributed by atoms with Crippen molar-refractivity contribution in [2.45, 2.75) is 90.1 Å². The molecule has 5 N–H and O–H groups in total. The molecule has 3 amide bonds. The highest BCUT2D eigenvalue weighted by Crippen LogP contribution is 2.41. The Hall–Kier alpha value is -6.63. The average molecular weight is 1090 g/mol. The number of hydrogen-bond donors (Lipinski definition) is 4. The van der Waals surface area contributed by atoms with Gasteiger partial charge in [0.2, 0.25) is 0 Å². The van der Waals surface area contributed by atoms with Crippen LogP contribution < -0.4 is 31.5 Å². The number of halogens is 2. The van der Waals surface area contributed by atoms with Crippen molar-refractivity contribution in [3.63, 3.8) is 0 Å². The molecular formula is C53H58Br2N12O4. The van der Waals surface area contributed by atoms with Gasteiger partial charge in [0.15, 0.2) is 0 Å². The molecule has 2 fully saturated rings. The lowest BCUT2D eigenvalue weighted by Crippen LogP contribution is -2.49. The molecule has 18 heteroatoms. The van der Waals surface area contributed by atoms with Crippen LogP contribution in [0.4, 0.5) is 16.2 Å². The number of benzene rings is 2. The van der Waals surface area contributed by atoms with Gasteiger partial charge in [-0.1, -0.05) is 72.8 Å². The number of nitrogens with one attached hydrogen (secondary N) is 3. The monoisotopic (exact) mass is 1080 g/mol. The number of nitrogens with two attached hydrogens (primary N) is 1. The van der Waals surface area contributed by atoms with Gasteiger partial charge < -0.3 is 36.2 Å². The second kappa shape index (κ2) is 21.8. The number of carbonyl (C=O) groups is 3. The fourth-order valence-corrected chi connectivity index (χ4v) is 10.5. The molecule has 2 aromatic carbocycles. The number of hydrogen-bond acceptors (Lipinski definition) is 11. The molecule has 0 spiro atoms. The molecule has 0 radical (unpaired) electrons. The minimum absolute atomic E-state index is 0.0526.